The molecule has 0 saturated carbocycles. The van der Waals surface area contributed by atoms with Crippen LogP contribution in [0.4, 0.5) is 0 Å². The Bertz CT molecular complexity index is 505. The summed E-state index contributed by atoms with van der Waals surface area (Å²) in [6.45, 7) is 0. The topological polar surface area (TPSA) is 58.9 Å². The quantitative estimate of drug-likeness (QED) is 0.799. The van der Waals surface area contributed by atoms with Crippen molar-refractivity contribution in [1.29, 1.82) is 0 Å². The molecule has 4 heteroatoms. The molecule has 17 heavy (non-hydrogen) atoms. The van der Waals surface area contributed by atoms with Gasteiger partial charge in [-0.25, -0.2) is 0 Å². The van der Waals surface area contributed by atoms with Crippen molar-refractivity contribution in [2.24, 2.45) is 0 Å². The van der Waals surface area contributed by atoms with Gasteiger partial charge >= 0.3 is 0 Å². The molecule has 0 heterocycles. The van der Waals surface area contributed by atoms with Gasteiger partial charge in [0.25, 0.3) is 0 Å². The van der Waals surface area contributed by atoms with Gasteiger partial charge in [-0.05, 0) is 36.4 Å². The predicted molar refractivity (Wildman–Crippen MR) is 62.8 cm³/mol. The molecule has 2 aromatic carbocycles. The highest BCUT2D eigenvalue weighted by atomic mass is 16.5. The van der Waals surface area contributed by atoms with Gasteiger partial charge in [-0.15, -0.1) is 0 Å². The molecule has 0 aromatic heterocycles. The maximum absolute atomic E-state index is 9.31. The number of rotatable bonds is 3. The average molecular weight is 232 g/mol. The molecule has 0 unspecified atom stereocenters. The summed E-state index contributed by atoms with van der Waals surface area (Å²) in [7, 11) is 1.59. The van der Waals surface area contributed by atoms with Crippen LogP contribution in [-0.2, 0) is 0 Å². The summed E-state index contributed by atoms with van der Waals surface area (Å²) in [6.07, 6.45) is 0. The fourth-order valence-corrected chi connectivity index (χ4v) is 1.35. The molecule has 88 valence electrons. The van der Waals surface area contributed by atoms with E-state index in [-0.39, 0.29) is 11.5 Å². The molecule has 0 radical (unpaired) electrons. The first-order chi connectivity index (χ1) is 8.19. The lowest BCUT2D eigenvalue weighted by Gasteiger charge is -2.07. The van der Waals surface area contributed by atoms with E-state index in [4.69, 9.17) is 14.6 Å². The number of aromatic hydroxyl groups is 2. The highest BCUT2D eigenvalue weighted by Gasteiger charge is 2.02. The number of methoxy groups -OCH3 is 1. The van der Waals surface area contributed by atoms with Crippen LogP contribution in [0, 0.1) is 0 Å². The van der Waals surface area contributed by atoms with Crippen molar-refractivity contribution >= 4 is 0 Å². The SMILES string of the molecule is COc1ccc(Oc2ccc(O)c(O)c2)cc1. The lowest BCUT2D eigenvalue weighted by Crippen LogP contribution is -1.85. The molecular formula is C13H12O4. The normalized spacial score (nSPS) is 9.94. The average Bonchev–Trinajstić information content (AvgIpc) is 2.35. The minimum Gasteiger partial charge on any atom is -0.504 e. The van der Waals surface area contributed by atoms with Gasteiger partial charge in [0.2, 0.25) is 0 Å². The fourth-order valence-electron chi connectivity index (χ4n) is 1.35. The lowest BCUT2D eigenvalue weighted by atomic mass is 10.3. The van der Waals surface area contributed by atoms with E-state index in [1.807, 2.05) is 0 Å². The molecule has 0 spiro atoms. The highest BCUT2D eigenvalue weighted by molar-refractivity contribution is 5.45. The van der Waals surface area contributed by atoms with Gasteiger partial charge in [-0.2, -0.15) is 0 Å². The minimum atomic E-state index is -0.212. The molecule has 0 amide bonds. The number of ether oxygens (including phenoxy) is 2. The Labute approximate surface area is 98.7 Å². The maximum Gasteiger partial charge on any atom is 0.161 e. The van der Waals surface area contributed by atoms with Crippen molar-refractivity contribution in [3.05, 3.63) is 42.5 Å². The molecule has 0 bridgehead atoms. The smallest absolute Gasteiger partial charge is 0.161 e. The molecule has 4 nitrogen and oxygen atoms in total. The van der Waals surface area contributed by atoms with Gasteiger partial charge in [-0.3, -0.25) is 0 Å². The lowest BCUT2D eigenvalue weighted by molar-refractivity contribution is 0.397. The van der Waals surface area contributed by atoms with Gasteiger partial charge in [0.15, 0.2) is 11.5 Å². The van der Waals surface area contributed by atoms with E-state index in [1.54, 1.807) is 37.4 Å². The van der Waals surface area contributed by atoms with Crippen LogP contribution in [0.3, 0.4) is 0 Å². The minimum absolute atomic E-state index is 0.174. The van der Waals surface area contributed by atoms with Crippen molar-refractivity contribution in [2.75, 3.05) is 7.11 Å². The van der Waals surface area contributed by atoms with E-state index in [9.17, 15) is 5.11 Å². The van der Waals surface area contributed by atoms with Crippen molar-refractivity contribution in [3.8, 4) is 28.7 Å². The third-order valence-corrected chi connectivity index (χ3v) is 2.24. The molecule has 2 rings (SSSR count). The first-order valence-corrected chi connectivity index (χ1v) is 5.03. The van der Waals surface area contributed by atoms with E-state index in [0.717, 1.165) is 5.75 Å². The summed E-state index contributed by atoms with van der Waals surface area (Å²) in [5.41, 5.74) is 0. The standard InChI is InChI=1S/C13H12O4/c1-16-9-2-4-10(5-3-9)17-11-6-7-12(14)13(15)8-11/h2-8,14-15H,1H3. The van der Waals surface area contributed by atoms with Gasteiger partial charge < -0.3 is 19.7 Å². The third kappa shape index (κ3) is 2.60. The molecule has 0 aliphatic heterocycles. The van der Waals surface area contributed by atoms with Gasteiger partial charge in [0, 0.05) is 6.07 Å². The second-order valence-electron chi connectivity index (χ2n) is 3.43. The zero-order valence-electron chi connectivity index (χ0n) is 9.25. The van der Waals surface area contributed by atoms with Gasteiger partial charge in [0.1, 0.15) is 17.2 Å². The van der Waals surface area contributed by atoms with E-state index >= 15 is 0 Å². The van der Waals surface area contributed by atoms with Crippen molar-refractivity contribution in [1.82, 2.24) is 0 Å². The molecular weight excluding hydrogens is 220 g/mol. The summed E-state index contributed by atoms with van der Waals surface area (Å²) in [5.74, 6) is 1.43. The monoisotopic (exact) mass is 232 g/mol. The van der Waals surface area contributed by atoms with Gasteiger partial charge in [0.05, 0.1) is 7.11 Å². The summed E-state index contributed by atoms with van der Waals surface area (Å²) < 4.78 is 10.5. The van der Waals surface area contributed by atoms with Crippen LogP contribution in [0.25, 0.3) is 0 Å². The number of hydrogen-bond acceptors (Lipinski definition) is 4. The van der Waals surface area contributed by atoms with Crippen LogP contribution in [0.1, 0.15) is 0 Å². The van der Waals surface area contributed by atoms with Crippen LogP contribution < -0.4 is 9.47 Å². The molecule has 0 atom stereocenters. The van der Waals surface area contributed by atoms with Crippen LogP contribution in [0.15, 0.2) is 42.5 Å². The second-order valence-corrected chi connectivity index (χ2v) is 3.43. The first kappa shape index (κ1) is 11.1. The van der Waals surface area contributed by atoms with E-state index in [0.29, 0.717) is 11.5 Å². The maximum atomic E-state index is 9.31. The molecule has 0 aliphatic carbocycles. The highest BCUT2D eigenvalue weighted by Crippen LogP contribution is 2.31. The zero-order valence-corrected chi connectivity index (χ0v) is 9.25. The van der Waals surface area contributed by atoms with Crippen LogP contribution >= 0.6 is 0 Å². The molecule has 0 saturated heterocycles. The van der Waals surface area contributed by atoms with Crippen LogP contribution in [0.5, 0.6) is 28.7 Å². The zero-order chi connectivity index (χ0) is 12.3. The number of benzene rings is 2. The Morgan fingerprint density at radius 2 is 1.35 bits per heavy atom. The van der Waals surface area contributed by atoms with E-state index in [2.05, 4.69) is 0 Å². The number of hydrogen-bond donors (Lipinski definition) is 2. The first-order valence-electron chi connectivity index (χ1n) is 5.03. The Kier molecular flexibility index (Phi) is 3.05. The Morgan fingerprint density at radius 3 is 1.94 bits per heavy atom. The Hall–Kier alpha value is -2.36. The summed E-state index contributed by atoms with van der Waals surface area (Å²) in [4.78, 5) is 0. The Balaban J connectivity index is 2.16. The van der Waals surface area contributed by atoms with Crippen molar-refractivity contribution < 1.29 is 19.7 Å². The predicted octanol–water partition coefficient (Wildman–Crippen LogP) is 2.90. The third-order valence-electron chi connectivity index (χ3n) is 2.24. The fraction of sp³-hybridized carbons (Fsp3) is 0.0769. The number of phenolic OH excluding ortho intramolecular Hbond substituents is 2. The molecule has 2 aromatic rings. The second kappa shape index (κ2) is 4.65. The van der Waals surface area contributed by atoms with Gasteiger partial charge in [-0.1, -0.05) is 0 Å². The number of phenols is 2. The molecule has 0 aliphatic rings. The molecule has 2 N–H and O–H groups in total. The largest absolute Gasteiger partial charge is 0.504 e. The van der Waals surface area contributed by atoms with Crippen LogP contribution in [0.2, 0.25) is 0 Å². The van der Waals surface area contributed by atoms with Crippen molar-refractivity contribution in [2.45, 2.75) is 0 Å². The summed E-state index contributed by atoms with van der Waals surface area (Å²) >= 11 is 0. The summed E-state index contributed by atoms with van der Waals surface area (Å²) in [6, 6.07) is 11.3. The van der Waals surface area contributed by atoms with Crippen LogP contribution in [-0.4, -0.2) is 17.3 Å². The van der Waals surface area contributed by atoms with E-state index < -0.39 is 0 Å². The Morgan fingerprint density at radius 1 is 0.765 bits per heavy atom. The van der Waals surface area contributed by atoms with E-state index in [1.165, 1.54) is 12.1 Å². The van der Waals surface area contributed by atoms with Crippen molar-refractivity contribution in [3.63, 3.8) is 0 Å². The summed E-state index contributed by atoms with van der Waals surface area (Å²) in [5, 5.41) is 18.5. The molecule has 0 fully saturated rings.